The molecule has 2 aliphatic rings. The fraction of sp³-hybridized carbons (Fsp3) is 0.367. The van der Waals surface area contributed by atoms with Crippen molar-refractivity contribution in [2.75, 3.05) is 45.2 Å². The first-order valence-corrected chi connectivity index (χ1v) is 14.5. The number of thiazole rings is 1. The predicted molar refractivity (Wildman–Crippen MR) is 161 cm³/mol. The maximum Gasteiger partial charge on any atom is 0.338 e. The summed E-state index contributed by atoms with van der Waals surface area (Å²) in [5.74, 6) is 0.0951. The maximum atomic E-state index is 14.1. The standard InChI is InChI=1S/C30H33N5O6S/c1-18(2)41-29(37)26-19(3)31-30-34(27(26)20-6-9-23(40-5)10-7-20)28(36)25(42-30)17-21-16-22(35(38)39)8-11-24(21)33-14-12-32(4)13-15-33/h6-11,16-18,27H,12-15H2,1-5H3/b25-17+/t27-/m1/s1. The minimum Gasteiger partial charge on any atom is -0.497 e. The quantitative estimate of drug-likeness (QED) is 0.234. The summed E-state index contributed by atoms with van der Waals surface area (Å²) >= 11 is 1.18. The lowest BCUT2D eigenvalue weighted by molar-refractivity contribution is -0.384. The van der Waals surface area contributed by atoms with Crippen molar-refractivity contribution >= 4 is 34.8 Å². The van der Waals surface area contributed by atoms with E-state index in [1.807, 2.05) is 12.1 Å². The van der Waals surface area contributed by atoms with Crippen molar-refractivity contribution < 1.29 is 19.2 Å². The van der Waals surface area contributed by atoms with Crippen LogP contribution in [0.5, 0.6) is 5.75 Å². The zero-order valence-electron chi connectivity index (χ0n) is 24.2. The fourth-order valence-corrected chi connectivity index (χ4v) is 6.25. The lowest BCUT2D eigenvalue weighted by Crippen LogP contribution is -2.44. The van der Waals surface area contributed by atoms with Crippen LogP contribution in [0.3, 0.4) is 0 Å². The largest absolute Gasteiger partial charge is 0.497 e. The number of ether oxygens (including phenoxy) is 2. The van der Waals surface area contributed by atoms with Crippen molar-refractivity contribution in [2.24, 2.45) is 4.99 Å². The molecule has 42 heavy (non-hydrogen) atoms. The summed E-state index contributed by atoms with van der Waals surface area (Å²) in [7, 11) is 3.62. The summed E-state index contributed by atoms with van der Waals surface area (Å²) in [6, 6.07) is 11.1. The second kappa shape index (κ2) is 11.9. The van der Waals surface area contributed by atoms with E-state index >= 15 is 0 Å². The molecule has 0 amide bonds. The molecular formula is C30H33N5O6S. The van der Waals surface area contributed by atoms with E-state index in [4.69, 9.17) is 9.47 Å². The number of fused-ring (bicyclic) bond motifs is 1. The van der Waals surface area contributed by atoms with Crippen LogP contribution >= 0.6 is 11.3 Å². The van der Waals surface area contributed by atoms with Crippen LogP contribution in [0.25, 0.3) is 6.08 Å². The van der Waals surface area contributed by atoms with Gasteiger partial charge in [-0.1, -0.05) is 23.5 Å². The first-order chi connectivity index (χ1) is 20.1. The van der Waals surface area contributed by atoms with Crippen LogP contribution in [0.4, 0.5) is 11.4 Å². The molecular weight excluding hydrogens is 558 g/mol. The zero-order chi connectivity index (χ0) is 30.1. The highest BCUT2D eigenvalue weighted by Crippen LogP contribution is 2.32. The number of non-ortho nitro benzene ring substituents is 1. The van der Waals surface area contributed by atoms with Gasteiger partial charge in [0.25, 0.3) is 11.2 Å². The number of hydrogen-bond donors (Lipinski definition) is 0. The summed E-state index contributed by atoms with van der Waals surface area (Å²) in [5.41, 5.74) is 2.43. The fourth-order valence-electron chi connectivity index (χ4n) is 5.21. The first kappa shape index (κ1) is 29.2. The number of carbonyl (C=O) groups is 1. The van der Waals surface area contributed by atoms with Gasteiger partial charge in [-0.3, -0.25) is 19.5 Å². The van der Waals surface area contributed by atoms with Gasteiger partial charge >= 0.3 is 5.97 Å². The first-order valence-electron chi connectivity index (χ1n) is 13.7. The van der Waals surface area contributed by atoms with Crippen molar-refractivity contribution in [3.8, 4) is 5.75 Å². The highest BCUT2D eigenvalue weighted by Gasteiger charge is 2.34. The van der Waals surface area contributed by atoms with Gasteiger partial charge in [0.2, 0.25) is 0 Å². The highest BCUT2D eigenvalue weighted by molar-refractivity contribution is 7.07. The number of esters is 1. The third-order valence-electron chi connectivity index (χ3n) is 7.37. The molecule has 5 rings (SSSR count). The van der Waals surface area contributed by atoms with Crippen molar-refractivity contribution in [1.29, 1.82) is 0 Å². The molecule has 12 heteroatoms. The molecule has 1 fully saturated rings. The number of anilines is 1. The smallest absolute Gasteiger partial charge is 0.338 e. The summed E-state index contributed by atoms with van der Waals surface area (Å²) in [4.78, 5) is 48.1. The number of allylic oxidation sites excluding steroid dienone is 1. The number of nitro groups is 1. The molecule has 2 aromatic carbocycles. The monoisotopic (exact) mass is 591 g/mol. The van der Waals surface area contributed by atoms with Crippen LogP contribution in [0.2, 0.25) is 0 Å². The molecule has 11 nitrogen and oxygen atoms in total. The third-order valence-corrected chi connectivity index (χ3v) is 8.35. The van der Waals surface area contributed by atoms with E-state index < -0.39 is 16.9 Å². The van der Waals surface area contributed by atoms with Crippen molar-refractivity contribution in [2.45, 2.75) is 32.9 Å². The van der Waals surface area contributed by atoms with Crippen molar-refractivity contribution in [1.82, 2.24) is 9.47 Å². The number of nitro benzene ring substituents is 1. The number of nitrogens with zero attached hydrogens (tertiary/aromatic N) is 5. The Bertz CT molecular complexity index is 1730. The minimum atomic E-state index is -0.775. The molecule has 0 spiro atoms. The molecule has 0 unspecified atom stereocenters. The van der Waals surface area contributed by atoms with Crippen LogP contribution in [0.1, 0.15) is 37.9 Å². The second-order valence-electron chi connectivity index (χ2n) is 10.6. The molecule has 3 heterocycles. The predicted octanol–water partition coefficient (Wildman–Crippen LogP) is 2.86. The van der Waals surface area contributed by atoms with Crippen molar-refractivity contribution in [3.05, 3.63) is 94.7 Å². The number of likely N-dealkylation sites (N-methyl/N-ethyl adjacent to an activating group) is 1. The molecule has 1 atom stereocenters. The van der Waals surface area contributed by atoms with Gasteiger partial charge < -0.3 is 19.3 Å². The van der Waals surface area contributed by atoms with Gasteiger partial charge in [0.05, 0.1) is 40.0 Å². The van der Waals surface area contributed by atoms with Gasteiger partial charge in [-0.05, 0) is 57.7 Å². The lowest BCUT2D eigenvalue weighted by Gasteiger charge is -2.34. The van der Waals surface area contributed by atoms with Gasteiger partial charge in [-0.15, -0.1) is 0 Å². The SMILES string of the molecule is COc1ccc([C@@H]2C(C(=O)OC(C)C)=C(C)N=c3s/c(=C/c4cc([N+](=O)[O-])ccc4N4CCN(C)CC4)c(=O)n32)cc1. The average molecular weight is 592 g/mol. The van der Waals surface area contributed by atoms with Gasteiger partial charge in [0.1, 0.15) is 5.75 Å². The Morgan fingerprint density at radius 2 is 1.83 bits per heavy atom. The Kier molecular flexibility index (Phi) is 8.28. The molecule has 1 aromatic heterocycles. The van der Waals surface area contributed by atoms with Gasteiger partial charge in [0, 0.05) is 49.6 Å². The molecule has 0 saturated carbocycles. The van der Waals surface area contributed by atoms with Gasteiger partial charge in [-0.2, -0.15) is 0 Å². The van der Waals surface area contributed by atoms with Crippen LogP contribution < -0.4 is 24.5 Å². The van der Waals surface area contributed by atoms with E-state index in [0.717, 1.165) is 31.9 Å². The zero-order valence-corrected chi connectivity index (χ0v) is 25.0. The number of hydrogen-bond acceptors (Lipinski definition) is 10. The van der Waals surface area contributed by atoms with E-state index in [-0.39, 0.29) is 22.9 Å². The molecule has 0 aliphatic carbocycles. The van der Waals surface area contributed by atoms with Crippen LogP contribution in [-0.4, -0.2) is 66.8 Å². The number of aromatic nitrogens is 1. The van der Waals surface area contributed by atoms with E-state index in [9.17, 15) is 19.7 Å². The molecule has 1 saturated heterocycles. The highest BCUT2D eigenvalue weighted by atomic mass is 32.1. The molecule has 0 bridgehead atoms. The van der Waals surface area contributed by atoms with Gasteiger partial charge in [0.15, 0.2) is 4.80 Å². The summed E-state index contributed by atoms with van der Waals surface area (Å²) in [6.45, 7) is 8.49. The Hall–Kier alpha value is -4.29. The van der Waals surface area contributed by atoms with Crippen LogP contribution in [0.15, 0.2) is 63.5 Å². The molecule has 0 N–H and O–H groups in total. The normalized spacial score (nSPS) is 17.7. The Labute approximate surface area is 246 Å². The van der Waals surface area contributed by atoms with Crippen molar-refractivity contribution in [3.63, 3.8) is 0 Å². The van der Waals surface area contributed by atoms with E-state index in [1.54, 1.807) is 52.2 Å². The van der Waals surface area contributed by atoms with E-state index in [1.165, 1.54) is 28.0 Å². The van der Waals surface area contributed by atoms with E-state index in [0.29, 0.717) is 31.9 Å². The van der Waals surface area contributed by atoms with Crippen LogP contribution in [0, 0.1) is 10.1 Å². The molecule has 0 radical (unpaired) electrons. The Morgan fingerprint density at radius 3 is 2.45 bits per heavy atom. The summed E-state index contributed by atoms with van der Waals surface area (Å²) in [5, 5.41) is 11.7. The third kappa shape index (κ3) is 5.72. The summed E-state index contributed by atoms with van der Waals surface area (Å²) in [6.07, 6.45) is 1.33. The molecule has 2 aliphatic heterocycles. The number of carbonyl (C=O) groups excluding carboxylic acids is 1. The number of piperazine rings is 1. The number of methoxy groups -OCH3 is 1. The number of rotatable bonds is 7. The van der Waals surface area contributed by atoms with E-state index in [2.05, 4.69) is 21.8 Å². The average Bonchev–Trinajstić information content (AvgIpc) is 3.26. The molecule has 220 valence electrons. The second-order valence-corrected chi connectivity index (χ2v) is 11.6. The molecule has 3 aromatic rings. The lowest BCUT2D eigenvalue weighted by atomic mass is 9.96. The number of benzene rings is 2. The topological polar surface area (TPSA) is 120 Å². The Morgan fingerprint density at radius 1 is 1.14 bits per heavy atom. The van der Waals surface area contributed by atoms with Gasteiger partial charge in [-0.25, -0.2) is 9.79 Å². The maximum absolute atomic E-state index is 14.1. The van der Waals surface area contributed by atoms with Crippen LogP contribution in [-0.2, 0) is 9.53 Å². The summed E-state index contributed by atoms with van der Waals surface area (Å²) < 4.78 is 12.7. The Balaban J connectivity index is 1.69. The minimum absolute atomic E-state index is 0.0578.